The number of hydrogen-bond acceptors (Lipinski definition) is 2. The lowest BCUT2D eigenvalue weighted by atomic mass is 10.5. The predicted octanol–water partition coefficient (Wildman–Crippen LogP) is 1.75. The molecule has 2 nitrogen and oxygen atoms in total. The van der Waals surface area contributed by atoms with Gasteiger partial charge in [-0.25, -0.2) is 5.48 Å². The minimum atomic E-state index is 0. The molecule has 9 heavy (non-hydrogen) atoms. The Balaban J connectivity index is 0. The Kier molecular flexibility index (Phi) is 14.7. The highest BCUT2D eigenvalue weighted by Gasteiger charge is 1.79. The molecular weight excluding hydrogens is 138 g/mol. The van der Waals surface area contributed by atoms with Gasteiger partial charge in [0.15, 0.2) is 0 Å². The molecule has 0 saturated carbocycles. The van der Waals surface area contributed by atoms with E-state index in [0.29, 0.717) is 0 Å². The van der Waals surface area contributed by atoms with Crippen LogP contribution in [0.25, 0.3) is 0 Å². The molecule has 0 aromatic rings. The number of halogens is 1. The third-order valence-electron chi connectivity index (χ3n) is 0.760. The van der Waals surface area contributed by atoms with Crippen molar-refractivity contribution in [2.75, 3.05) is 13.2 Å². The third-order valence-corrected chi connectivity index (χ3v) is 0.760. The molecule has 3 heteroatoms. The first-order valence-electron chi connectivity index (χ1n) is 3.26. The molecule has 0 aliphatic heterocycles. The van der Waals surface area contributed by atoms with Gasteiger partial charge in [0, 0.05) is 6.54 Å². The van der Waals surface area contributed by atoms with Crippen LogP contribution in [0.2, 0.25) is 0 Å². The van der Waals surface area contributed by atoms with Crippen molar-refractivity contribution in [3.05, 3.63) is 0 Å². The Morgan fingerprint density at radius 1 is 1.22 bits per heavy atom. The summed E-state index contributed by atoms with van der Waals surface area (Å²) >= 11 is 0. The third kappa shape index (κ3) is 11.7. The lowest BCUT2D eigenvalue weighted by molar-refractivity contribution is 0.0419. The molecule has 0 rings (SSSR count). The topological polar surface area (TPSA) is 21.3 Å². The highest BCUT2D eigenvalue weighted by Crippen LogP contribution is 1.75. The molecule has 0 bridgehead atoms. The van der Waals surface area contributed by atoms with Crippen LogP contribution in [0.1, 0.15) is 26.7 Å². The predicted molar refractivity (Wildman–Crippen MR) is 41.8 cm³/mol. The average molecular weight is 154 g/mol. The first kappa shape index (κ1) is 11.9. The molecule has 0 amide bonds. The minimum Gasteiger partial charge on any atom is -0.302 e. The fourth-order valence-electron chi connectivity index (χ4n) is 0.348. The molecule has 0 heterocycles. The zero-order valence-corrected chi connectivity index (χ0v) is 6.96. The summed E-state index contributed by atoms with van der Waals surface area (Å²) in [6, 6.07) is 0. The van der Waals surface area contributed by atoms with Gasteiger partial charge >= 0.3 is 0 Å². The van der Waals surface area contributed by atoms with Gasteiger partial charge in [-0.2, -0.15) is 0 Å². The summed E-state index contributed by atoms with van der Waals surface area (Å²) in [6.07, 6.45) is 2.21. The van der Waals surface area contributed by atoms with E-state index in [0.717, 1.165) is 26.0 Å². The SMILES string of the molecule is CCCNOCCC.Cl. The zero-order chi connectivity index (χ0) is 6.24. The highest BCUT2D eigenvalue weighted by atomic mass is 35.5. The smallest absolute Gasteiger partial charge is 0.0679 e. The quantitative estimate of drug-likeness (QED) is 0.480. The van der Waals surface area contributed by atoms with Gasteiger partial charge in [0.1, 0.15) is 0 Å². The Morgan fingerprint density at radius 2 is 1.89 bits per heavy atom. The van der Waals surface area contributed by atoms with Crippen LogP contribution in [0.4, 0.5) is 0 Å². The highest BCUT2D eigenvalue weighted by molar-refractivity contribution is 5.85. The van der Waals surface area contributed by atoms with E-state index in [1.54, 1.807) is 0 Å². The standard InChI is InChI=1S/C6H15NO.ClH/c1-3-5-7-8-6-4-2;/h7H,3-6H2,1-2H3;1H. The molecule has 0 aliphatic rings. The van der Waals surface area contributed by atoms with Gasteiger partial charge in [-0.15, -0.1) is 12.4 Å². The van der Waals surface area contributed by atoms with Gasteiger partial charge in [0.2, 0.25) is 0 Å². The van der Waals surface area contributed by atoms with E-state index in [2.05, 4.69) is 19.3 Å². The molecule has 0 unspecified atom stereocenters. The van der Waals surface area contributed by atoms with Crippen LogP contribution in [0.3, 0.4) is 0 Å². The van der Waals surface area contributed by atoms with Crippen molar-refractivity contribution in [2.24, 2.45) is 0 Å². The molecule has 58 valence electrons. The van der Waals surface area contributed by atoms with Crippen molar-refractivity contribution in [1.29, 1.82) is 0 Å². The van der Waals surface area contributed by atoms with Crippen molar-refractivity contribution < 1.29 is 4.84 Å². The number of rotatable bonds is 5. The van der Waals surface area contributed by atoms with Crippen LogP contribution in [-0.2, 0) is 4.84 Å². The molecule has 0 aromatic heterocycles. The summed E-state index contributed by atoms with van der Waals surface area (Å²) in [5, 5.41) is 0. The molecule has 0 spiro atoms. The van der Waals surface area contributed by atoms with E-state index in [9.17, 15) is 0 Å². The molecule has 0 aromatic carbocycles. The average Bonchev–Trinajstić information content (AvgIpc) is 1.81. The molecule has 0 saturated heterocycles. The fourth-order valence-corrected chi connectivity index (χ4v) is 0.348. The van der Waals surface area contributed by atoms with E-state index in [1.165, 1.54) is 0 Å². The first-order valence-corrected chi connectivity index (χ1v) is 3.26. The van der Waals surface area contributed by atoms with Gasteiger partial charge in [-0.1, -0.05) is 13.8 Å². The molecule has 1 N–H and O–H groups in total. The summed E-state index contributed by atoms with van der Waals surface area (Å²) in [5.41, 5.74) is 2.84. The van der Waals surface area contributed by atoms with Crippen LogP contribution in [0.15, 0.2) is 0 Å². The maximum atomic E-state index is 4.97. The molecule has 0 radical (unpaired) electrons. The first-order chi connectivity index (χ1) is 3.91. The lowest BCUT2D eigenvalue weighted by Gasteiger charge is -1.99. The van der Waals surface area contributed by atoms with Crippen molar-refractivity contribution >= 4 is 12.4 Å². The van der Waals surface area contributed by atoms with Crippen LogP contribution in [0, 0.1) is 0 Å². The fraction of sp³-hybridized carbons (Fsp3) is 1.00. The van der Waals surface area contributed by atoms with Crippen molar-refractivity contribution in [1.82, 2.24) is 5.48 Å². The van der Waals surface area contributed by atoms with E-state index in [-0.39, 0.29) is 12.4 Å². The Bertz CT molecular complexity index is 38.0. The minimum absolute atomic E-state index is 0. The Labute approximate surface area is 63.3 Å². The summed E-state index contributed by atoms with van der Waals surface area (Å²) < 4.78 is 0. The second-order valence-corrected chi connectivity index (χ2v) is 1.74. The molecule has 0 atom stereocenters. The van der Waals surface area contributed by atoms with E-state index in [1.807, 2.05) is 0 Å². The lowest BCUT2D eigenvalue weighted by Crippen LogP contribution is -2.15. The van der Waals surface area contributed by atoms with Gasteiger partial charge < -0.3 is 4.84 Å². The van der Waals surface area contributed by atoms with Crippen LogP contribution in [0.5, 0.6) is 0 Å². The van der Waals surface area contributed by atoms with Gasteiger partial charge in [-0.05, 0) is 12.8 Å². The van der Waals surface area contributed by atoms with Crippen molar-refractivity contribution in [2.45, 2.75) is 26.7 Å². The zero-order valence-electron chi connectivity index (χ0n) is 6.14. The second-order valence-electron chi connectivity index (χ2n) is 1.74. The number of hydroxylamine groups is 1. The van der Waals surface area contributed by atoms with Gasteiger partial charge in [0.25, 0.3) is 0 Å². The normalized spacial score (nSPS) is 8.67. The van der Waals surface area contributed by atoms with E-state index in [4.69, 9.17) is 4.84 Å². The van der Waals surface area contributed by atoms with E-state index < -0.39 is 0 Å². The monoisotopic (exact) mass is 153 g/mol. The molecule has 0 aliphatic carbocycles. The van der Waals surface area contributed by atoms with E-state index >= 15 is 0 Å². The van der Waals surface area contributed by atoms with Gasteiger partial charge in [-0.3, -0.25) is 0 Å². The maximum absolute atomic E-state index is 4.97. The van der Waals surface area contributed by atoms with Crippen LogP contribution in [-0.4, -0.2) is 13.2 Å². The van der Waals surface area contributed by atoms with Crippen molar-refractivity contribution in [3.8, 4) is 0 Å². The van der Waals surface area contributed by atoms with Crippen LogP contribution >= 0.6 is 12.4 Å². The number of nitrogens with one attached hydrogen (secondary N) is 1. The molecular formula is C6H16ClNO. The van der Waals surface area contributed by atoms with Crippen LogP contribution < -0.4 is 5.48 Å². The maximum Gasteiger partial charge on any atom is 0.0679 e. The van der Waals surface area contributed by atoms with Gasteiger partial charge in [0.05, 0.1) is 6.61 Å². The largest absolute Gasteiger partial charge is 0.302 e. The van der Waals surface area contributed by atoms with Crippen molar-refractivity contribution in [3.63, 3.8) is 0 Å². The Morgan fingerprint density at radius 3 is 2.33 bits per heavy atom. The summed E-state index contributed by atoms with van der Waals surface area (Å²) in [4.78, 5) is 4.97. The summed E-state index contributed by atoms with van der Waals surface area (Å²) in [6.45, 7) is 5.98. The summed E-state index contributed by atoms with van der Waals surface area (Å²) in [7, 11) is 0. The Hall–Kier alpha value is 0.210. The number of hydrogen-bond donors (Lipinski definition) is 1. The molecule has 0 fully saturated rings. The second kappa shape index (κ2) is 11.1. The summed E-state index contributed by atoms with van der Waals surface area (Å²) in [5.74, 6) is 0.